The number of fused-ring (bicyclic) bond motifs is 3. The molecule has 0 bridgehead atoms. The van der Waals surface area contributed by atoms with E-state index >= 15 is 0 Å². The molecule has 1 saturated heterocycles. The zero-order valence-electron chi connectivity index (χ0n) is 13.0. The summed E-state index contributed by atoms with van der Waals surface area (Å²) in [5.74, 6) is -0.164. The van der Waals surface area contributed by atoms with Crippen LogP contribution in [0.4, 0.5) is 14.5 Å². The maximum atomic E-state index is 14.6. The molecule has 1 N–H and O–H groups in total. The molecule has 1 unspecified atom stereocenters. The number of benzene rings is 1. The van der Waals surface area contributed by atoms with Crippen molar-refractivity contribution in [1.82, 2.24) is 4.57 Å². The highest BCUT2D eigenvalue weighted by Gasteiger charge is 2.35. The number of rotatable bonds is 3. The van der Waals surface area contributed by atoms with Gasteiger partial charge >= 0.3 is 5.97 Å². The number of hydrogen-bond acceptors (Lipinski definition) is 5. The number of anilines is 1. The van der Waals surface area contributed by atoms with Gasteiger partial charge in [0.2, 0.25) is 5.43 Å². The van der Waals surface area contributed by atoms with E-state index in [1.165, 1.54) is 4.57 Å². The van der Waals surface area contributed by atoms with Gasteiger partial charge in [-0.2, -0.15) is 11.8 Å². The molecule has 1 fully saturated rings. The molecule has 132 valence electrons. The number of nitrogens with zero attached hydrogens (tertiary/aromatic N) is 2. The van der Waals surface area contributed by atoms with E-state index in [0.29, 0.717) is 24.3 Å². The van der Waals surface area contributed by atoms with Crippen molar-refractivity contribution in [3.8, 4) is 0 Å². The minimum absolute atomic E-state index is 0.0208. The number of halogens is 2. The van der Waals surface area contributed by atoms with Gasteiger partial charge < -0.3 is 14.6 Å². The van der Waals surface area contributed by atoms with E-state index < -0.39 is 34.8 Å². The first-order chi connectivity index (χ1) is 12.0. The van der Waals surface area contributed by atoms with Gasteiger partial charge in [0.1, 0.15) is 23.4 Å². The zero-order chi connectivity index (χ0) is 17.7. The third kappa shape index (κ3) is 2.52. The molecule has 1 atom stereocenters. The van der Waals surface area contributed by atoms with Gasteiger partial charge in [0.05, 0.1) is 16.2 Å². The Hall–Kier alpha value is -1.74. The third-order valence-electron chi connectivity index (χ3n) is 4.46. The molecule has 0 saturated carbocycles. The Labute approximate surface area is 150 Å². The second-order valence-corrected chi connectivity index (χ2v) is 8.22. The number of carboxylic acid groups (broad SMARTS) is 1. The Balaban J connectivity index is 1.98. The maximum absolute atomic E-state index is 14.6. The molecular weight excluding hydrogens is 370 g/mol. The van der Waals surface area contributed by atoms with Crippen molar-refractivity contribution in [2.75, 3.05) is 36.2 Å². The molecule has 1 aromatic carbocycles. The standard InChI is InChI=1S/C16H14F2N2O3S2/c17-7-12-20-10-6-11(19-1-3-24-4-2-19)9(18)5-8(10)14(21)13(16(22)23)15(20)25-12/h5-6,12H,1-4,7H2,(H,22,23). The molecule has 4 rings (SSSR count). The maximum Gasteiger partial charge on any atom is 0.342 e. The van der Waals surface area contributed by atoms with Crippen LogP contribution < -0.4 is 10.3 Å². The lowest BCUT2D eigenvalue weighted by molar-refractivity contribution is 0.0689. The van der Waals surface area contributed by atoms with Gasteiger partial charge in [-0.15, -0.1) is 0 Å². The van der Waals surface area contributed by atoms with Crippen molar-refractivity contribution < 1.29 is 18.7 Å². The highest BCUT2D eigenvalue weighted by molar-refractivity contribution is 8.00. The number of aromatic nitrogens is 1. The predicted molar refractivity (Wildman–Crippen MR) is 95.5 cm³/mol. The third-order valence-corrected chi connectivity index (χ3v) is 6.64. The fourth-order valence-electron chi connectivity index (χ4n) is 3.26. The van der Waals surface area contributed by atoms with Gasteiger partial charge in [0.25, 0.3) is 0 Å². The van der Waals surface area contributed by atoms with Gasteiger partial charge in [-0.1, -0.05) is 11.8 Å². The molecule has 0 amide bonds. The normalized spacial score (nSPS) is 19.6. The molecule has 1 aromatic heterocycles. The average molecular weight is 384 g/mol. The monoisotopic (exact) mass is 384 g/mol. The van der Waals surface area contributed by atoms with Gasteiger partial charge in [0, 0.05) is 30.0 Å². The summed E-state index contributed by atoms with van der Waals surface area (Å²) < 4.78 is 29.4. The highest BCUT2D eigenvalue weighted by atomic mass is 32.2. The highest BCUT2D eigenvalue weighted by Crippen LogP contribution is 2.47. The minimum atomic E-state index is -1.38. The van der Waals surface area contributed by atoms with Crippen LogP contribution >= 0.6 is 23.5 Å². The van der Waals surface area contributed by atoms with Crippen LogP contribution in [-0.4, -0.2) is 46.9 Å². The molecule has 0 spiro atoms. The van der Waals surface area contributed by atoms with Crippen molar-refractivity contribution >= 4 is 46.1 Å². The Kier molecular flexibility index (Phi) is 4.15. The molecule has 5 nitrogen and oxygen atoms in total. The van der Waals surface area contributed by atoms with E-state index in [2.05, 4.69) is 0 Å². The number of aromatic carboxylic acids is 1. The summed E-state index contributed by atoms with van der Waals surface area (Å²) in [7, 11) is 0. The van der Waals surface area contributed by atoms with E-state index in [9.17, 15) is 23.5 Å². The van der Waals surface area contributed by atoms with Crippen LogP contribution in [0.1, 0.15) is 15.7 Å². The van der Waals surface area contributed by atoms with E-state index in [4.69, 9.17) is 0 Å². The first kappa shape index (κ1) is 16.7. The lowest BCUT2D eigenvalue weighted by Gasteiger charge is -2.34. The van der Waals surface area contributed by atoms with Crippen LogP contribution in [0.3, 0.4) is 0 Å². The molecule has 2 aliphatic rings. The summed E-state index contributed by atoms with van der Waals surface area (Å²) in [6.07, 6.45) is 0. The zero-order valence-corrected chi connectivity index (χ0v) is 14.6. The van der Waals surface area contributed by atoms with E-state index in [0.717, 1.165) is 29.3 Å². The average Bonchev–Trinajstić information content (AvgIpc) is 2.58. The quantitative estimate of drug-likeness (QED) is 0.878. The first-order valence-electron chi connectivity index (χ1n) is 7.73. The summed E-state index contributed by atoms with van der Waals surface area (Å²) >= 11 is 2.82. The van der Waals surface area contributed by atoms with Gasteiger partial charge in [-0.25, -0.2) is 13.6 Å². The predicted octanol–water partition coefficient (Wildman–Crippen LogP) is 2.97. The van der Waals surface area contributed by atoms with Crippen LogP contribution in [-0.2, 0) is 0 Å². The fourth-order valence-corrected chi connectivity index (χ4v) is 5.29. The van der Waals surface area contributed by atoms with Crippen molar-refractivity contribution in [3.05, 3.63) is 33.7 Å². The van der Waals surface area contributed by atoms with Crippen molar-refractivity contribution in [1.29, 1.82) is 0 Å². The Morgan fingerprint density at radius 2 is 2.04 bits per heavy atom. The van der Waals surface area contributed by atoms with Crippen molar-refractivity contribution in [2.24, 2.45) is 0 Å². The number of thioether (sulfide) groups is 2. The number of alkyl halides is 1. The molecule has 0 radical (unpaired) electrons. The van der Waals surface area contributed by atoms with Gasteiger partial charge in [-0.3, -0.25) is 4.79 Å². The minimum Gasteiger partial charge on any atom is -0.477 e. The Bertz CT molecular complexity index is 941. The SMILES string of the molecule is O=C(O)c1c2n(c3cc(N4CCSCC4)c(F)cc3c1=O)C(CF)S2. The lowest BCUT2D eigenvalue weighted by atomic mass is 10.1. The van der Waals surface area contributed by atoms with Crippen LogP contribution in [0.5, 0.6) is 0 Å². The summed E-state index contributed by atoms with van der Waals surface area (Å²) in [4.78, 5) is 25.9. The molecule has 0 aliphatic carbocycles. The van der Waals surface area contributed by atoms with Crippen molar-refractivity contribution in [2.45, 2.75) is 10.4 Å². The van der Waals surface area contributed by atoms with Crippen molar-refractivity contribution in [3.63, 3.8) is 0 Å². The second kappa shape index (κ2) is 6.21. The lowest BCUT2D eigenvalue weighted by Crippen LogP contribution is -2.34. The number of hydrogen-bond donors (Lipinski definition) is 1. The van der Waals surface area contributed by atoms with Crippen LogP contribution in [0.15, 0.2) is 22.0 Å². The Morgan fingerprint density at radius 3 is 2.68 bits per heavy atom. The smallest absolute Gasteiger partial charge is 0.342 e. The van der Waals surface area contributed by atoms with Gasteiger partial charge in [0.15, 0.2) is 0 Å². The fraction of sp³-hybridized carbons (Fsp3) is 0.375. The second-order valence-electron chi connectivity index (χ2n) is 5.83. The molecule has 9 heteroatoms. The van der Waals surface area contributed by atoms with E-state index in [-0.39, 0.29) is 10.4 Å². The summed E-state index contributed by atoms with van der Waals surface area (Å²) in [5.41, 5.74) is -0.373. The first-order valence-corrected chi connectivity index (χ1v) is 9.76. The number of carboxylic acids is 1. The van der Waals surface area contributed by atoms with Crippen LogP contribution in [0.2, 0.25) is 0 Å². The van der Waals surface area contributed by atoms with Crippen LogP contribution in [0, 0.1) is 5.82 Å². The molecule has 3 heterocycles. The summed E-state index contributed by atoms with van der Waals surface area (Å²) in [6, 6.07) is 2.65. The molecule has 2 aliphatic heterocycles. The van der Waals surface area contributed by atoms with Crippen LogP contribution in [0.25, 0.3) is 10.9 Å². The molecule has 25 heavy (non-hydrogen) atoms. The molecular formula is C16H14F2N2O3S2. The largest absolute Gasteiger partial charge is 0.477 e. The summed E-state index contributed by atoms with van der Waals surface area (Å²) in [6.45, 7) is 0.694. The van der Waals surface area contributed by atoms with Gasteiger partial charge in [-0.05, 0) is 12.1 Å². The topological polar surface area (TPSA) is 62.5 Å². The van der Waals surface area contributed by atoms with E-state index in [1.807, 2.05) is 4.90 Å². The number of pyridine rings is 1. The Morgan fingerprint density at radius 1 is 1.32 bits per heavy atom. The summed E-state index contributed by atoms with van der Waals surface area (Å²) in [5, 5.41) is 8.95. The number of carbonyl (C=O) groups is 1. The molecule has 2 aromatic rings. The van der Waals surface area contributed by atoms with E-state index in [1.54, 1.807) is 17.8 Å².